The second-order valence-electron chi connectivity index (χ2n) is 4.88. The SMILES string of the molecule is CCOC(=O)C(c1ccc(Cl)cc1)c1nc(C(C)C)no1. The summed E-state index contributed by atoms with van der Waals surface area (Å²) in [6.45, 7) is 5.95. The standard InChI is InChI=1S/C15H17ClN2O3/c1-4-20-15(19)12(10-5-7-11(16)8-6-10)14-17-13(9(2)3)18-21-14/h5-9,12H,4H2,1-3H3. The molecule has 0 radical (unpaired) electrons. The van der Waals surface area contributed by atoms with Crippen molar-refractivity contribution in [1.29, 1.82) is 0 Å². The van der Waals surface area contributed by atoms with E-state index in [1.54, 1.807) is 31.2 Å². The molecule has 0 aliphatic heterocycles. The van der Waals surface area contributed by atoms with Crippen LogP contribution in [0.1, 0.15) is 49.9 Å². The molecule has 1 heterocycles. The van der Waals surface area contributed by atoms with Crippen molar-refractivity contribution in [3.8, 4) is 0 Å². The minimum Gasteiger partial charge on any atom is -0.465 e. The highest BCUT2D eigenvalue weighted by Gasteiger charge is 2.30. The molecule has 1 unspecified atom stereocenters. The van der Waals surface area contributed by atoms with Crippen LogP contribution in [-0.4, -0.2) is 22.7 Å². The summed E-state index contributed by atoms with van der Waals surface area (Å²) in [5.74, 6) is -0.232. The zero-order valence-corrected chi connectivity index (χ0v) is 12.9. The van der Waals surface area contributed by atoms with Gasteiger partial charge in [0.1, 0.15) is 0 Å². The van der Waals surface area contributed by atoms with Gasteiger partial charge in [-0.25, -0.2) is 0 Å². The second-order valence-corrected chi connectivity index (χ2v) is 5.32. The summed E-state index contributed by atoms with van der Waals surface area (Å²) in [5, 5.41) is 4.49. The molecule has 0 spiro atoms. The van der Waals surface area contributed by atoms with E-state index in [0.717, 1.165) is 0 Å². The number of aromatic nitrogens is 2. The van der Waals surface area contributed by atoms with Crippen LogP contribution in [-0.2, 0) is 9.53 Å². The number of rotatable bonds is 5. The van der Waals surface area contributed by atoms with E-state index in [1.807, 2.05) is 13.8 Å². The van der Waals surface area contributed by atoms with Gasteiger partial charge in [-0.1, -0.05) is 42.7 Å². The molecule has 21 heavy (non-hydrogen) atoms. The number of hydrogen-bond acceptors (Lipinski definition) is 5. The highest BCUT2D eigenvalue weighted by Crippen LogP contribution is 2.27. The molecule has 0 bridgehead atoms. The Morgan fingerprint density at radius 3 is 2.52 bits per heavy atom. The Kier molecular flexibility index (Phi) is 4.96. The first-order chi connectivity index (χ1) is 10.0. The smallest absolute Gasteiger partial charge is 0.323 e. The molecule has 0 aliphatic rings. The minimum absolute atomic E-state index is 0.121. The molecule has 6 heteroatoms. The van der Waals surface area contributed by atoms with Gasteiger partial charge in [-0.05, 0) is 24.6 Å². The normalized spacial score (nSPS) is 12.4. The number of carbonyl (C=O) groups excluding carboxylic acids is 1. The Balaban J connectivity index is 2.39. The van der Waals surface area contributed by atoms with Crippen LogP contribution in [0.3, 0.4) is 0 Å². The lowest BCUT2D eigenvalue weighted by Gasteiger charge is -2.12. The fourth-order valence-electron chi connectivity index (χ4n) is 1.86. The lowest BCUT2D eigenvalue weighted by molar-refractivity contribution is -0.144. The molecule has 5 nitrogen and oxygen atoms in total. The average molecular weight is 309 g/mol. The van der Waals surface area contributed by atoms with Crippen molar-refractivity contribution in [1.82, 2.24) is 10.1 Å². The van der Waals surface area contributed by atoms with Crippen LogP contribution < -0.4 is 0 Å². The summed E-state index contributed by atoms with van der Waals surface area (Å²) < 4.78 is 10.4. The Morgan fingerprint density at radius 1 is 1.33 bits per heavy atom. The molecule has 0 saturated heterocycles. The minimum atomic E-state index is -0.734. The summed E-state index contributed by atoms with van der Waals surface area (Å²) in [7, 11) is 0. The van der Waals surface area contributed by atoms with E-state index in [4.69, 9.17) is 20.9 Å². The Bertz CT molecular complexity index is 608. The van der Waals surface area contributed by atoms with Gasteiger partial charge in [0.2, 0.25) is 5.89 Å². The average Bonchev–Trinajstić information content (AvgIpc) is 2.91. The molecule has 0 amide bonds. The maximum atomic E-state index is 12.2. The first-order valence-electron chi connectivity index (χ1n) is 6.78. The molecular formula is C15H17ClN2O3. The van der Waals surface area contributed by atoms with E-state index < -0.39 is 11.9 Å². The molecule has 0 fully saturated rings. The number of benzene rings is 1. The summed E-state index contributed by atoms with van der Waals surface area (Å²) >= 11 is 5.88. The van der Waals surface area contributed by atoms with Crippen LogP contribution in [0, 0.1) is 0 Å². The van der Waals surface area contributed by atoms with Crippen molar-refractivity contribution in [2.75, 3.05) is 6.61 Å². The predicted molar refractivity (Wildman–Crippen MR) is 78.3 cm³/mol. The van der Waals surface area contributed by atoms with Crippen molar-refractivity contribution < 1.29 is 14.1 Å². The van der Waals surface area contributed by atoms with Gasteiger partial charge in [-0.15, -0.1) is 0 Å². The first kappa shape index (κ1) is 15.5. The fourth-order valence-corrected chi connectivity index (χ4v) is 1.99. The van der Waals surface area contributed by atoms with Crippen LogP contribution in [0.25, 0.3) is 0 Å². The van der Waals surface area contributed by atoms with Crippen molar-refractivity contribution in [3.63, 3.8) is 0 Å². The van der Waals surface area contributed by atoms with E-state index in [2.05, 4.69) is 10.1 Å². The quantitative estimate of drug-likeness (QED) is 0.790. The van der Waals surface area contributed by atoms with Crippen molar-refractivity contribution >= 4 is 17.6 Å². The molecule has 2 aromatic rings. The number of carbonyl (C=O) groups is 1. The van der Waals surface area contributed by atoms with E-state index in [9.17, 15) is 4.79 Å². The lowest BCUT2D eigenvalue weighted by Crippen LogP contribution is -2.17. The van der Waals surface area contributed by atoms with Gasteiger partial charge in [0.25, 0.3) is 0 Å². The number of nitrogens with zero attached hydrogens (tertiary/aromatic N) is 2. The fraction of sp³-hybridized carbons (Fsp3) is 0.400. The molecule has 0 N–H and O–H groups in total. The maximum Gasteiger partial charge on any atom is 0.323 e. The first-order valence-corrected chi connectivity index (χ1v) is 7.16. The summed E-state index contributed by atoms with van der Waals surface area (Å²) in [5.41, 5.74) is 0.705. The summed E-state index contributed by atoms with van der Waals surface area (Å²) in [6, 6.07) is 6.93. The van der Waals surface area contributed by atoms with Gasteiger partial charge in [0.05, 0.1) is 6.61 Å². The highest BCUT2D eigenvalue weighted by molar-refractivity contribution is 6.30. The van der Waals surface area contributed by atoms with E-state index in [0.29, 0.717) is 16.4 Å². The zero-order valence-electron chi connectivity index (χ0n) is 12.2. The highest BCUT2D eigenvalue weighted by atomic mass is 35.5. The lowest BCUT2D eigenvalue weighted by atomic mass is 9.99. The number of ether oxygens (including phenoxy) is 1. The van der Waals surface area contributed by atoms with Gasteiger partial charge >= 0.3 is 5.97 Å². The molecule has 1 atom stereocenters. The van der Waals surface area contributed by atoms with Gasteiger partial charge in [0.15, 0.2) is 11.7 Å². The monoisotopic (exact) mass is 308 g/mol. The third-order valence-electron chi connectivity index (χ3n) is 2.95. The molecule has 1 aromatic heterocycles. The largest absolute Gasteiger partial charge is 0.465 e. The van der Waals surface area contributed by atoms with Gasteiger partial charge < -0.3 is 9.26 Å². The van der Waals surface area contributed by atoms with Crippen LogP contribution in [0.2, 0.25) is 5.02 Å². The van der Waals surface area contributed by atoms with Crippen molar-refractivity contribution in [2.45, 2.75) is 32.6 Å². The van der Waals surface area contributed by atoms with Crippen LogP contribution in [0.5, 0.6) is 0 Å². The summed E-state index contributed by atoms with van der Waals surface area (Å²) in [4.78, 5) is 16.5. The molecule has 112 valence electrons. The summed E-state index contributed by atoms with van der Waals surface area (Å²) in [6.07, 6.45) is 0. The molecular weight excluding hydrogens is 292 g/mol. The van der Waals surface area contributed by atoms with E-state index >= 15 is 0 Å². The Labute approximate surface area is 128 Å². The van der Waals surface area contributed by atoms with E-state index in [1.165, 1.54) is 0 Å². The third-order valence-corrected chi connectivity index (χ3v) is 3.20. The molecule has 2 rings (SSSR count). The van der Waals surface area contributed by atoms with Gasteiger partial charge in [0, 0.05) is 10.9 Å². The van der Waals surface area contributed by atoms with Crippen LogP contribution in [0.15, 0.2) is 28.8 Å². The molecule has 0 saturated carbocycles. The number of halogens is 1. The van der Waals surface area contributed by atoms with Gasteiger partial charge in [-0.2, -0.15) is 4.98 Å². The molecule has 1 aromatic carbocycles. The van der Waals surface area contributed by atoms with Crippen LogP contribution in [0.4, 0.5) is 0 Å². The van der Waals surface area contributed by atoms with E-state index in [-0.39, 0.29) is 18.4 Å². The van der Waals surface area contributed by atoms with Crippen molar-refractivity contribution in [3.05, 3.63) is 46.6 Å². The van der Waals surface area contributed by atoms with Crippen molar-refractivity contribution in [2.24, 2.45) is 0 Å². The predicted octanol–water partition coefficient (Wildman–Crippen LogP) is 3.54. The Morgan fingerprint density at radius 2 is 2.00 bits per heavy atom. The molecule has 0 aliphatic carbocycles. The topological polar surface area (TPSA) is 65.2 Å². The third kappa shape index (κ3) is 3.61. The maximum absolute atomic E-state index is 12.2. The number of esters is 1. The Hall–Kier alpha value is -1.88. The zero-order chi connectivity index (χ0) is 15.4. The number of hydrogen-bond donors (Lipinski definition) is 0. The second kappa shape index (κ2) is 6.72. The van der Waals surface area contributed by atoms with Crippen LogP contribution >= 0.6 is 11.6 Å². The van der Waals surface area contributed by atoms with Gasteiger partial charge in [-0.3, -0.25) is 4.79 Å².